The van der Waals surface area contributed by atoms with Gasteiger partial charge in [0.15, 0.2) is 5.82 Å². The number of hydrogen-bond donors (Lipinski definition) is 1. The predicted octanol–water partition coefficient (Wildman–Crippen LogP) is 2.46. The zero-order valence-electron chi connectivity index (χ0n) is 10.1. The Bertz CT molecular complexity index is 815. The highest BCUT2D eigenvalue weighted by Gasteiger charge is 2.29. The largest absolute Gasteiger partial charge is 0.334 e. The molecule has 2 aromatic heterocycles. The topological polar surface area (TPSA) is 71.8 Å². The summed E-state index contributed by atoms with van der Waals surface area (Å²) in [7, 11) is 0. The summed E-state index contributed by atoms with van der Waals surface area (Å²) in [4.78, 5) is 18.9. The van der Waals surface area contributed by atoms with Crippen molar-refractivity contribution in [2.45, 2.75) is 18.8 Å². The molecule has 0 bridgehead atoms. The first-order valence-corrected chi connectivity index (χ1v) is 6.27. The van der Waals surface area contributed by atoms with Crippen molar-refractivity contribution in [3.8, 4) is 11.5 Å². The number of rotatable bonds is 2. The van der Waals surface area contributed by atoms with Crippen LogP contribution in [0.15, 0.2) is 39.6 Å². The number of nitrogens with one attached hydrogen (secondary N) is 1. The summed E-state index contributed by atoms with van der Waals surface area (Å²) in [5.41, 5.74) is 1.30. The number of pyridine rings is 1. The van der Waals surface area contributed by atoms with Gasteiger partial charge in [0, 0.05) is 22.9 Å². The van der Waals surface area contributed by atoms with E-state index >= 15 is 0 Å². The number of nitrogens with zero attached hydrogens (tertiary/aromatic N) is 2. The second kappa shape index (κ2) is 3.78. The normalized spacial score (nSPS) is 14.9. The fraction of sp³-hybridized carbons (Fsp3) is 0.214. The SMILES string of the molecule is O=c1cc(-c2nc(C3CC3)no2)c2ccccc2[nH]1. The highest BCUT2D eigenvalue weighted by Crippen LogP contribution is 2.39. The molecule has 0 spiro atoms. The highest BCUT2D eigenvalue weighted by molar-refractivity contribution is 5.91. The Balaban J connectivity index is 1.95. The van der Waals surface area contributed by atoms with Crippen LogP contribution in [0.1, 0.15) is 24.6 Å². The summed E-state index contributed by atoms with van der Waals surface area (Å²) in [6.07, 6.45) is 2.24. The van der Waals surface area contributed by atoms with Crippen molar-refractivity contribution in [3.63, 3.8) is 0 Å². The summed E-state index contributed by atoms with van der Waals surface area (Å²) < 4.78 is 5.30. The van der Waals surface area contributed by atoms with E-state index in [0.717, 1.165) is 29.6 Å². The van der Waals surface area contributed by atoms with Gasteiger partial charge in [0.25, 0.3) is 5.89 Å². The average molecular weight is 253 g/mol. The molecular weight excluding hydrogens is 242 g/mol. The van der Waals surface area contributed by atoms with E-state index in [-0.39, 0.29) is 5.56 Å². The van der Waals surface area contributed by atoms with Crippen LogP contribution in [0.4, 0.5) is 0 Å². The summed E-state index contributed by atoms with van der Waals surface area (Å²) in [6, 6.07) is 9.10. The van der Waals surface area contributed by atoms with Gasteiger partial charge in [-0.15, -0.1) is 0 Å². The number of benzene rings is 1. The van der Waals surface area contributed by atoms with E-state index in [0.29, 0.717) is 17.4 Å². The second-order valence-electron chi connectivity index (χ2n) is 4.82. The second-order valence-corrected chi connectivity index (χ2v) is 4.82. The van der Waals surface area contributed by atoms with Crippen molar-refractivity contribution < 1.29 is 4.52 Å². The maximum Gasteiger partial charge on any atom is 0.258 e. The minimum absolute atomic E-state index is 0.167. The Morgan fingerprint density at radius 1 is 1.26 bits per heavy atom. The molecule has 1 fully saturated rings. The third kappa shape index (κ3) is 1.74. The van der Waals surface area contributed by atoms with E-state index in [1.807, 2.05) is 24.3 Å². The van der Waals surface area contributed by atoms with Gasteiger partial charge in [0.2, 0.25) is 5.56 Å². The third-order valence-corrected chi connectivity index (χ3v) is 3.37. The van der Waals surface area contributed by atoms with Crippen LogP contribution in [0, 0.1) is 0 Å². The zero-order valence-corrected chi connectivity index (χ0v) is 10.1. The van der Waals surface area contributed by atoms with Crippen molar-refractivity contribution in [1.29, 1.82) is 0 Å². The number of hydrogen-bond acceptors (Lipinski definition) is 4. The zero-order chi connectivity index (χ0) is 12.8. The number of H-pyrrole nitrogens is 1. The van der Waals surface area contributed by atoms with E-state index in [4.69, 9.17) is 4.52 Å². The molecule has 5 heteroatoms. The molecule has 1 aliphatic carbocycles. The van der Waals surface area contributed by atoms with Gasteiger partial charge in [-0.3, -0.25) is 4.79 Å². The molecule has 3 aromatic rings. The minimum atomic E-state index is -0.167. The van der Waals surface area contributed by atoms with Gasteiger partial charge in [-0.05, 0) is 18.9 Å². The van der Waals surface area contributed by atoms with Crippen LogP contribution in [0.5, 0.6) is 0 Å². The van der Waals surface area contributed by atoms with Crippen LogP contribution >= 0.6 is 0 Å². The van der Waals surface area contributed by atoms with E-state index in [1.54, 1.807) is 0 Å². The molecule has 1 aromatic carbocycles. The third-order valence-electron chi connectivity index (χ3n) is 3.37. The standard InChI is InChI=1S/C14H11N3O2/c18-12-7-10(9-3-1-2-4-11(9)15-12)14-16-13(17-19-14)8-5-6-8/h1-4,7-8H,5-6H2,(H,15,18). The number of aromatic nitrogens is 3. The van der Waals surface area contributed by atoms with Crippen molar-refractivity contribution in [2.24, 2.45) is 0 Å². The van der Waals surface area contributed by atoms with Gasteiger partial charge in [-0.1, -0.05) is 23.4 Å². The van der Waals surface area contributed by atoms with Gasteiger partial charge in [0.05, 0.1) is 5.56 Å². The van der Waals surface area contributed by atoms with Crippen LogP contribution in [0.25, 0.3) is 22.4 Å². The smallest absolute Gasteiger partial charge is 0.258 e. The molecule has 2 heterocycles. The number of para-hydroxylation sites is 1. The Kier molecular flexibility index (Phi) is 2.09. The first kappa shape index (κ1) is 10.5. The number of fused-ring (bicyclic) bond motifs is 1. The lowest BCUT2D eigenvalue weighted by molar-refractivity contribution is 0.423. The maximum absolute atomic E-state index is 11.7. The Labute approximate surface area is 108 Å². The quantitative estimate of drug-likeness (QED) is 0.761. The van der Waals surface area contributed by atoms with E-state index in [2.05, 4.69) is 15.1 Å². The molecule has 0 saturated heterocycles. The Morgan fingerprint density at radius 3 is 2.95 bits per heavy atom. The van der Waals surface area contributed by atoms with E-state index < -0.39 is 0 Å². The molecule has 1 N–H and O–H groups in total. The van der Waals surface area contributed by atoms with Crippen molar-refractivity contribution in [1.82, 2.24) is 15.1 Å². The van der Waals surface area contributed by atoms with Gasteiger partial charge in [-0.2, -0.15) is 4.98 Å². The molecule has 5 nitrogen and oxygen atoms in total. The molecule has 0 amide bonds. The Hall–Kier alpha value is -2.43. The monoisotopic (exact) mass is 253 g/mol. The van der Waals surface area contributed by atoms with E-state index in [1.165, 1.54) is 6.07 Å². The van der Waals surface area contributed by atoms with Crippen molar-refractivity contribution >= 4 is 10.9 Å². The van der Waals surface area contributed by atoms with Gasteiger partial charge in [-0.25, -0.2) is 0 Å². The molecule has 1 aliphatic rings. The molecule has 94 valence electrons. The summed E-state index contributed by atoms with van der Waals surface area (Å²) >= 11 is 0. The van der Waals surface area contributed by atoms with E-state index in [9.17, 15) is 4.79 Å². The molecule has 0 unspecified atom stereocenters. The van der Waals surface area contributed by atoms with Gasteiger partial charge < -0.3 is 9.51 Å². The first-order valence-electron chi connectivity index (χ1n) is 6.27. The summed E-state index contributed by atoms with van der Waals surface area (Å²) in [5.74, 6) is 1.61. The summed E-state index contributed by atoms with van der Waals surface area (Å²) in [6.45, 7) is 0. The van der Waals surface area contributed by atoms with Crippen molar-refractivity contribution in [3.05, 3.63) is 46.5 Å². The van der Waals surface area contributed by atoms with Gasteiger partial charge >= 0.3 is 0 Å². The predicted molar refractivity (Wildman–Crippen MR) is 69.8 cm³/mol. The van der Waals surface area contributed by atoms with Gasteiger partial charge in [0.1, 0.15) is 0 Å². The van der Waals surface area contributed by atoms with Crippen molar-refractivity contribution in [2.75, 3.05) is 0 Å². The molecule has 0 atom stereocenters. The lowest BCUT2D eigenvalue weighted by Gasteiger charge is -2.01. The maximum atomic E-state index is 11.7. The first-order chi connectivity index (χ1) is 9.31. The molecule has 0 radical (unpaired) electrons. The minimum Gasteiger partial charge on any atom is -0.334 e. The lowest BCUT2D eigenvalue weighted by atomic mass is 10.1. The molecule has 1 saturated carbocycles. The average Bonchev–Trinajstić information content (AvgIpc) is 3.16. The fourth-order valence-electron chi connectivity index (χ4n) is 2.23. The summed E-state index contributed by atoms with van der Waals surface area (Å²) in [5, 5.41) is 4.90. The molecule has 19 heavy (non-hydrogen) atoms. The molecule has 0 aliphatic heterocycles. The fourth-order valence-corrected chi connectivity index (χ4v) is 2.23. The van der Waals surface area contributed by atoms with Crippen LogP contribution < -0.4 is 5.56 Å². The Morgan fingerprint density at radius 2 is 2.11 bits per heavy atom. The van der Waals surface area contributed by atoms with Crippen LogP contribution in [-0.2, 0) is 0 Å². The van der Waals surface area contributed by atoms with Crippen LogP contribution in [0.3, 0.4) is 0 Å². The number of aromatic amines is 1. The van der Waals surface area contributed by atoms with Crippen LogP contribution in [0.2, 0.25) is 0 Å². The molecule has 4 rings (SSSR count). The van der Waals surface area contributed by atoms with Crippen LogP contribution in [-0.4, -0.2) is 15.1 Å². The lowest BCUT2D eigenvalue weighted by Crippen LogP contribution is -2.04. The highest BCUT2D eigenvalue weighted by atomic mass is 16.5. The molecular formula is C14H11N3O2.